The van der Waals surface area contributed by atoms with Crippen LogP contribution < -0.4 is 61.7 Å². The third-order valence-electron chi connectivity index (χ3n) is 12.5. The standard InChI is InChI=1S/C31H38N4O4.C20H26N4O3.C11H13ClO.CH2O3.CH4.Na/c1-22(19-23-11-7-6-8-12-23)27(36)21-35(34-29(37)28(31(2,3)4)33-30(38)39-5)20-24-14-16-25(17-15-24)26-13-9-10-18-32-26;1-20(2,3)17(23-19(26)27-4)18(25)24-22-13-14-8-10-15(11-9-14)16-7-5-6-12-21-16;1-9(11(13)8-12)7-10-5-3-2-4-6-10;2-1-4-3;;/h6-18,22,28H,19-21H2,1-5H3,(H,33,38)(H,34,37);5-12,17,22H,13H2,1-4H3,(H,23,26)(H,24,25);2-6,9H,7-8H2,1H3;1,3H;1H4;/q;;;;;+1/p-1/t22-,28-;17-;9-;;;/m000.../s1. The Morgan fingerprint density at radius 3 is 1.36 bits per heavy atom. The molecule has 0 spiro atoms. The number of nitrogens with one attached hydrogen (secondary N) is 5. The molecule has 0 aliphatic rings. The second-order valence-corrected chi connectivity index (χ2v) is 21.6. The Kier molecular flexibility index (Phi) is 35.6. The van der Waals surface area contributed by atoms with E-state index in [1.165, 1.54) is 19.8 Å². The number of carbonyl (C=O) groups excluding carboxylic acids is 7. The maximum absolute atomic E-state index is 13.4. The van der Waals surface area contributed by atoms with Gasteiger partial charge in [0, 0.05) is 48.4 Å². The molecule has 0 fully saturated rings. The van der Waals surface area contributed by atoms with E-state index in [4.69, 9.17) is 26.4 Å². The van der Waals surface area contributed by atoms with Gasteiger partial charge in [-0.25, -0.2) is 20.0 Å². The number of hydrazine groups is 2. The summed E-state index contributed by atoms with van der Waals surface area (Å²) in [6.07, 6.45) is 3.55. The topological polar surface area (TPSA) is 259 Å². The van der Waals surface area contributed by atoms with Crippen molar-refractivity contribution in [2.24, 2.45) is 22.7 Å². The number of hydrogen-bond acceptors (Lipinski definition) is 15. The fraction of sp³-hybridized carbons (Fsp3) is 0.359. The molecule has 2 aromatic heterocycles. The summed E-state index contributed by atoms with van der Waals surface area (Å²) in [6, 6.07) is 45.5. The van der Waals surface area contributed by atoms with Crippen LogP contribution in [0.3, 0.4) is 0 Å². The van der Waals surface area contributed by atoms with Gasteiger partial charge in [0.25, 0.3) is 18.3 Å². The largest absolute Gasteiger partial charge is 1.00 e. The molecule has 0 bridgehead atoms. The SMILES string of the molecule is C.COC(=O)N[C@@H](C(=O)NN(CC(=O)[C@@H](C)Cc1ccccc1)Cc1ccc(-c2ccccn2)cc1)C(C)(C)C.COC(=O)N[C@@H](C(=O)NNCc1ccc(-c2ccccn2)cc1)C(C)(C)C.C[C@@H](Cc1ccccc1)C(=O)CCl.O=CO[O-].[Na+]. The number of alkyl halides is 1. The van der Waals surface area contributed by atoms with E-state index < -0.39 is 41.0 Å². The number of Topliss-reactive ketones (excluding diaryl/α,β-unsaturated/α-hetero) is 2. The van der Waals surface area contributed by atoms with Crippen molar-refractivity contribution < 1.29 is 82.7 Å². The molecule has 0 aliphatic carbocycles. The van der Waals surface area contributed by atoms with Gasteiger partial charge in [0.15, 0.2) is 11.6 Å². The molecule has 0 saturated heterocycles. The minimum atomic E-state index is -0.879. The van der Waals surface area contributed by atoms with Gasteiger partial charge in [-0.05, 0) is 70.2 Å². The molecule has 0 radical (unpaired) electrons. The molecule has 19 nitrogen and oxygen atoms in total. The number of rotatable bonds is 22. The van der Waals surface area contributed by atoms with Gasteiger partial charge in [-0.3, -0.25) is 44.8 Å². The van der Waals surface area contributed by atoms with Crippen LogP contribution in [0, 0.1) is 22.7 Å². The Bertz CT molecular complexity index is 2900. The summed E-state index contributed by atoms with van der Waals surface area (Å²) in [4.78, 5) is 93.6. The van der Waals surface area contributed by atoms with Gasteiger partial charge < -0.3 is 30.3 Å². The number of benzene rings is 4. The van der Waals surface area contributed by atoms with Crippen LogP contribution in [-0.4, -0.2) is 95.7 Å². The summed E-state index contributed by atoms with van der Waals surface area (Å²) in [7, 11) is 2.51. The number of methoxy groups -OCH3 is 2. The number of pyridine rings is 2. The number of alkyl carbamates (subject to hydrolysis) is 2. The quantitative estimate of drug-likeness (QED) is 0.0167. The molecule has 5 N–H and O–H groups in total. The Morgan fingerprint density at radius 2 is 0.988 bits per heavy atom. The number of amides is 4. The molecule has 6 rings (SSSR count). The molecule has 2 heterocycles. The van der Waals surface area contributed by atoms with Crippen LogP contribution in [0.4, 0.5) is 9.59 Å². The summed E-state index contributed by atoms with van der Waals surface area (Å²) in [6.45, 7) is 15.5. The second-order valence-electron chi connectivity index (χ2n) is 21.3. The van der Waals surface area contributed by atoms with Gasteiger partial charge in [0.05, 0.1) is 38.0 Å². The second kappa shape index (κ2) is 40.0. The number of ketones is 2. The molecule has 4 amide bonds. The first-order valence-electron chi connectivity index (χ1n) is 26.7. The average Bonchev–Trinajstić information content (AvgIpc) is 3.66. The Balaban J connectivity index is 0.000000676. The van der Waals surface area contributed by atoms with E-state index in [2.05, 4.69) is 46.5 Å². The molecule has 4 atom stereocenters. The maximum Gasteiger partial charge on any atom is 1.00 e. The molecule has 21 heteroatoms. The van der Waals surface area contributed by atoms with E-state index in [9.17, 15) is 28.8 Å². The summed E-state index contributed by atoms with van der Waals surface area (Å²) < 4.78 is 9.32. The monoisotopic (exact) mass is 1200 g/mol. The van der Waals surface area contributed by atoms with E-state index >= 15 is 0 Å². The van der Waals surface area contributed by atoms with E-state index in [0.717, 1.165) is 45.6 Å². The van der Waals surface area contributed by atoms with Gasteiger partial charge in [-0.1, -0.05) is 184 Å². The minimum Gasteiger partial charge on any atom is -0.662 e. The maximum atomic E-state index is 13.4. The van der Waals surface area contributed by atoms with Crippen molar-refractivity contribution >= 4 is 53.6 Å². The number of carbonyl (C=O) groups is 7. The van der Waals surface area contributed by atoms with E-state index in [0.29, 0.717) is 19.5 Å². The van der Waals surface area contributed by atoms with Gasteiger partial charge in [-0.2, -0.15) is 0 Å². The van der Waals surface area contributed by atoms with Crippen molar-refractivity contribution in [3.8, 4) is 22.5 Å². The van der Waals surface area contributed by atoms with Crippen LogP contribution >= 0.6 is 11.6 Å². The zero-order valence-electron chi connectivity index (χ0n) is 49.9. The van der Waals surface area contributed by atoms with Crippen LogP contribution in [0.25, 0.3) is 22.5 Å². The number of nitrogens with zero attached hydrogens (tertiary/aromatic N) is 3. The number of aromatic nitrogens is 2. The first kappa shape index (κ1) is 75.7. The Hall–Kier alpha value is -7.36. The fourth-order valence-corrected chi connectivity index (χ4v) is 8.13. The smallest absolute Gasteiger partial charge is 0.662 e. The van der Waals surface area contributed by atoms with Gasteiger partial charge >= 0.3 is 41.7 Å². The van der Waals surface area contributed by atoms with E-state index in [1.54, 1.807) is 17.4 Å². The third-order valence-corrected chi connectivity index (χ3v) is 12.8. The third kappa shape index (κ3) is 28.9. The van der Waals surface area contributed by atoms with Gasteiger partial charge in [0.1, 0.15) is 12.1 Å². The molecule has 452 valence electrons. The molecule has 85 heavy (non-hydrogen) atoms. The zero-order valence-corrected chi connectivity index (χ0v) is 52.6. The van der Waals surface area contributed by atoms with Crippen molar-refractivity contribution in [1.82, 2.24) is 41.9 Å². The number of halogens is 1. The summed E-state index contributed by atoms with van der Waals surface area (Å²) in [5.74, 6) is -0.749. The first-order chi connectivity index (χ1) is 39.5. The molecule has 4 aromatic carbocycles. The van der Waals surface area contributed by atoms with Crippen LogP contribution in [-0.2, 0) is 64.3 Å². The van der Waals surface area contributed by atoms with E-state index in [1.807, 2.05) is 201 Å². The van der Waals surface area contributed by atoms with Crippen molar-refractivity contribution in [2.75, 3.05) is 26.6 Å². The van der Waals surface area contributed by atoms with Crippen LogP contribution in [0.2, 0.25) is 0 Å². The van der Waals surface area contributed by atoms with E-state index in [-0.39, 0.29) is 85.2 Å². The number of hydrogen-bond donors (Lipinski definition) is 5. The molecule has 0 saturated carbocycles. The fourth-order valence-electron chi connectivity index (χ4n) is 7.87. The first-order valence-corrected chi connectivity index (χ1v) is 27.3. The molecule has 0 unspecified atom stereocenters. The predicted octanol–water partition coefficient (Wildman–Crippen LogP) is 6.19. The van der Waals surface area contributed by atoms with Crippen molar-refractivity contribution in [2.45, 2.75) is 101 Å². The zero-order chi connectivity index (χ0) is 61.4. The molecular formula is C64H82ClN8NaO11. The average molecular weight is 1200 g/mol. The van der Waals surface area contributed by atoms with Gasteiger partial charge in [0.2, 0.25) is 0 Å². The minimum absolute atomic E-state index is 0. The van der Waals surface area contributed by atoms with Crippen molar-refractivity contribution in [3.05, 3.63) is 180 Å². The molecule has 0 aliphatic heterocycles. The van der Waals surface area contributed by atoms with Crippen LogP contribution in [0.15, 0.2) is 158 Å². The Labute approximate surface area is 527 Å². The van der Waals surface area contributed by atoms with Crippen molar-refractivity contribution in [1.29, 1.82) is 0 Å². The number of ether oxygens (including phenoxy) is 2. The molecule has 6 aromatic rings. The summed E-state index contributed by atoms with van der Waals surface area (Å²) in [5.41, 5.74) is 15.3. The van der Waals surface area contributed by atoms with Crippen LogP contribution in [0.5, 0.6) is 0 Å². The normalized spacial score (nSPS) is 11.9. The van der Waals surface area contributed by atoms with Crippen LogP contribution in [0.1, 0.15) is 85.1 Å². The summed E-state index contributed by atoms with van der Waals surface area (Å²) in [5, 5.41) is 15.2. The van der Waals surface area contributed by atoms with Crippen molar-refractivity contribution in [3.63, 3.8) is 0 Å². The Morgan fingerprint density at radius 1 is 0.588 bits per heavy atom. The predicted molar refractivity (Wildman–Crippen MR) is 324 cm³/mol. The summed E-state index contributed by atoms with van der Waals surface area (Å²) >= 11 is 5.46. The van der Waals surface area contributed by atoms with Gasteiger partial charge in [-0.15, -0.1) is 11.6 Å². The molecular weight excluding hydrogens is 1120 g/mol.